The molecule has 2 heterocycles. The van der Waals surface area contributed by atoms with E-state index in [4.69, 9.17) is 25.8 Å². The predicted octanol–water partition coefficient (Wildman–Crippen LogP) is 4.59. The Labute approximate surface area is 174 Å². The maximum atomic E-state index is 13.1. The van der Waals surface area contributed by atoms with Gasteiger partial charge in [0.15, 0.2) is 11.5 Å². The molecule has 1 aliphatic carbocycles. The van der Waals surface area contributed by atoms with Crippen molar-refractivity contribution in [2.75, 3.05) is 6.79 Å². The number of Topliss-reactive ketones (excluding diaryl/α,β-unsaturated/α-hetero) is 1. The van der Waals surface area contributed by atoms with Crippen molar-refractivity contribution in [3.05, 3.63) is 34.0 Å². The fourth-order valence-electron chi connectivity index (χ4n) is 4.22. The second-order valence-corrected chi connectivity index (χ2v) is 8.14. The van der Waals surface area contributed by atoms with Gasteiger partial charge in [0.05, 0.1) is 17.6 Å². The second-order valence-electron chi connectivity index (χ2n) is 7.73. The van der Waals surface area contributed by atoms with Gasteiger partial charge in [-0.1, -0.05) is 18.5 Å². The van der Waals surface area contributed by atoms with Crippen LogP contribution in [0.4, 0.5) is 0 Å². The van der Waals surface area contributed by atoms with E-state index >= 15 is 0 Å². The number of aliphatic imine (C=N–C) groups is 1. The topological polar surface area (TPSA) is 74.2 Å². The molecule has 4 rings (SSSR count). The summed E-state index contributed by atoms with van der Waals surface area (Å²) in [6, 6.07) is 3.47. The molecule has 0 radical (unpaired) electrons. The Hall–Kier alpha value is -2.34. The number of nitrogens with zero attached hydrogens (tertiary/aromatic N) is 1. The normalized spacial score (nSPS) is 24.1. The van der Waals surface area contributed by atoms with Gasteiger partial charge in [0.25, 0.3) is 0 Å². The molecule has 6 nitrogen and oxygen atoms in total. The number of carbonyl (C=O) groups excluding carboxylic acids is 2. The highest BCUT2D eigenvalue weighted by Gasteiger charge is 2.45. The number of hydrogen-bond donors (Lipinski definition) is 0. The third kappa shape index (κ3) is 3.54. The minimum absolute atomic E-state index is 0.0788. The van der Waals surface area contributed by atoms with Crippen LogP contribution in [-0.4, -0.2) is 30.4 Å². The van der Waals surface area contributed by atoms with E-state index in [2.05, 4.69) is 4.99 Å². The lowest BCUT2D eigenvalue weighted by atomic mass is 9.69. The summed E-state index contributed by atoms with van der Waals surface area (Å²) in [4.78, 5) is 30.7. The zero-order valence-electron chi connectivity index (χ0n) is 16.8. The van der Waals surface area contributed by atoms with Crippen LogP contribution in [0.1, 0.15) is 57.9 Å². The Bertz CT molecular complexity index is 935. The lowest BCUT2D eigenvalue weighted by molar-refractivity contribution is -0.144. The molecule has 0 amide bonds. The summed E-state index contributed by atoms with van der Waals surface area (Å²) in [7, 11) is 0. The molecule has 3 atom stereocenters. The summed E-state index contributed by atoms with van der Waals surface area (Å²) < 4.78 is 16.6. The second kappa shape index (κ2) is 7.82. The largest absolute Gasteiger partial charge is 0.459 e. The quantitative estimate of drug-likeness (QED) is 0.669. The number of ketones is 1. The third-order valence-corrected chi connectivity index (χ3v) is 6.16. The molecule has 29 heavy (non-hydrogen) atoms. The highest BCUT2D eigenvalue weighted by molar-refractivity contribution is 6.32. The highest BCUT2D eigenvalue weighted by Crippen LogP contribution is 2.48. The van der Waals surface area contributed by atoms with Crippen LogP contribution >= 0.6 is 11.6 Å². The molecule has 7 heteroatoms. The van der Waals surface area contributed by atoms with Crippen molar-refractivity contribution in [1.29, 1.82) is 0 Å². The van der Waals surface area contributed by atoms with Crippen molar-refractivity contribution in [2.24, 2.45) is 10.9 Å². The molecule has 1 fully saturated rings. The number of halogens is 1. The summed E-state index contributed by atoms with van der Waals surface area (Å²) in [6.45, 7) is 5.71. The maximum Gasteiger partial charge on any atom is 0.336 e. The minimum Gasteiger partial charge on any atom is -0.459 e. The summed E-state index contributed by atoms with van der Waals surface area (Å²) in [6.07, 6.45) is 2.44. The van der Waals surface area contributed by atoms with Crippen LogP contribution in [-0.2, 0) is 14.3 Å². The SMILES string of the molecule is CC[C@@H](C)OC(=O)C1=C(C)N=C2CCCC(=O)[C@H]2[C@H]1c1cc2c(cc1Cl)OCO2. The maximum absolute atomic E-state index is 13.1. The lowest BCUT2D eigenvalue weighted by Crippen LogP contribution is -2.39. The fourth-order valence-corrected chi connectivity index (χ4v) is 4.49. The van der Waals surface area contributed by atoms with Gasteiger partial charge in [-0.3, -0.25) is 9.79 Å². The van der Waals surface area contributed by atoms with E-state index in [0.29, 0.717) is 46.2 Å². The fraction of sp³-hybridized carbons (Fsp3) is 0.500. The predicted molar refractivity (Wildman–Crippen MR) is 109 cm³/mol. The van der Waals surface area contributed by atoms with Crippen molar-refractivity contribution in [3.8, 4) is 11.5 Å². The van der Waals surface area contributed by atoms with Crippen LogP contribution in [0, 0.1) is 5.92 Å². The van der Waals surface area contributed by atoms with E-state index in [-0.39, 0.29) is 18.7 Å². The van der Waals surface area contributed by atoms with E-state index in [0.717, 1.165) is 18.6 Å². The van der Waals surface area contributed by atoms with Gasteiger partial charge in [-0.05, 0) is 44.7 Å². The number of benzene rings is 1. The Balaban J connectivity index is 1.86. The van der Waals surface area contributed by atoms with Gasteiger partial charge in [-0.25, -0.2) is 4.79 Å². The number of ether oxygens (including phenoxy) is 3. The summed E-state index contributed by atoms with van der Waals surface area (Å²) >= 11 is 6.61. The Morgan fingerprint density at radius 1 is 1.28 bits per heavy atom. The number of carbonyl (C=O) groups is 2. The van der Waals surface area contributed by atoms with Crippen molar-refractivity contribution in [2.45, 2.75) is 58.5 Å². The van der Waals surface area contributed by atoms with E-state index in [1.54, 1.807) is 19.1 Å². The molecule has 1 aromatic rings. The zero-order valence-corrected chi connectivity index (χ0v) is 17.5. The Morgan fingerprint density at radius 2 is 2.00 bits per heavy atom. The molecule has 1 aromatic carbocycles. The first kappa shape index (κ1) is 20.0. The lowest BCUT2D eigenvalue weighted by Gasteiger charge is -2.36. The number of hydrogen-bond acceptors (Lipinski definition) is 6. The molecule has 1 saturated carbocycles. The van der Waals surface area contributed by atoms with Crippen molar-refractivity contribution in [3.63, 3.8) is 0 Å². The first-order valence-electron chi connectivity index (χ1n) is 10.0. The van der Waals surface area contributed by atoms with Crippen LogP contribution in [0.3, 0.4) is 0 Å². The number of rotatable bonds is 4. The van der Waals surface area contributed by atoms with Crippen LogP contribution in [0.5, 0.6) is 11.5 Å². The minimum atomic E-state index is -0.547. The summed E-state index contributed by atoms with van der Waals surface area (Å²) in [5.74, 6) is -0.308. The molecular formula is C22H24ClNO5. The zero-order chi connectivity index (χ0) is 20.7. The first-order valence-corrected chi connectivity index (χ1v) is 10.4. The molecule has 0 spiro atoms. The van der Waals surface area contributed by atoms with Crippen LogP contribution < -0.4 is 9.47 Å². The molecular weight excluding hydrogens is 394 g/mol. The van der Waals surface area contributed by atoms with Gasteiger partial charge < -0.3 is 14.2 Å². The van der Waals surface area contributed by atoms with Gasteiger partial charge in [-0.15, -0.1) is 0 Å². The van der Waals surface area contributed by atoms with Gasteiger partial charge >= 0.3 is 5.97 Å². The highest BCUT2D eigenvalue weighted by atomic mass is 35.5. The van der Waals surface area contributed by atoms with E-state index in [1.165, 1.54) is 0 Å². The number of fused-ring (bicyclic) bond motifs is 2. The number of allylic oxidation sites excluding steroid dienone is 1. The standard InChI is InChI=1S/C22H24ClNO5/c1-4-11(2)29-22(26)19-12(3)24-15-6-5-7-16(25)21(15)20(19)13-8-17-18(9-14(13)23)28-10-27-17/h8-9,11,20-21H,4-7,10H2,1-3H3/t11-,20+,21+/m1/s1. The van der Waals surface area contributed by atoms with Crippen molar-refractivity contribution in [1.82, 2.24) is 0 Å². The molecule has 0 N–H and O–H groups in total. The molecule has 154 valence electrons. The van der Waals surface area contributed by atoms with E-state index in [9.17, 15) is 9.59 Å². The Morgan fingerprint density at radius 3 is 2.72 bits per heavy atom. The van der Waals surface area contributed by atoms with E-state index in [1.807, 2.05) is 13.8 Å². The third-order valence-electron chi connectivity index (χ3n) is 5.84. The average Bonchev–Trinajstić information content (AvgIpc) is 3.13. The van der Waals surface area contributed by atoms with Crippen LogP contribution in [0.2, 0.25) is 5.02 Å². The molecule has 0 bridgehead atoms. The number of esters is 1. The van der Waals surface area contributed by atoms with Crippen molar-refractivity contribution >= 4 is 29.1 Å². The first-order chi connectivity index (χ1) is 13.9. The molecule has 3 aliphatic rings. The summed E-state index contributed by atoms with van der Waals surface area (Å²) in [5, 5.41) is 0.431. The molecule has 0 saturated heterocycles. The monoisotopic (exact) mass is 417 g/mol. The molecule has 0 unspecified atom stereocenters. The average molecular weight is 418 g/mol. The molecule has 2 aliphatic heterocycles. The van der Waals surface area contributed by atoms with Gasteiger partial charge in [-0.2, -0.15) is 0 Å². The van der Waals surface area contributed by atoms with Crippen LogP contribution in [0.25, 0.3) is 0 Å². The van der Waals surface area contributed by atoms with Crippen LogP contribution in [0.15, 0.2) is 28.4 Å². The molecule has 0 aromatic heterocycles. The Kier molecular flexibility index (Phi) is 5.38. The smallest absolute Gasteiger partial charge is 0.336 e. The van der Waals surface area contributed by atoms with Crippen molar-refractivity contribution < 1.29 is 23.8 Å². The van der Waals surface area contributed by atoms with Gasteiger partial charge in [0.2, 0.25) is 6.79 Å². The van der Waals surface area contributed by atoms with E-state index < -0.39 is 17.8 Å². The summed E-state index contributed by atoms with van der Waals surface area (Å²) in [5.41, 5.74) is 2.46. The van der Waals surface area contributed by atoms with Gasteiger partial charge in [0.1, 0.15) is 5.78 Å². The van der Waals surface area contributed by atoms with Gasteiger partial charge in [0, 0.05) is 34.8 Å².